The number of nitrogens with zero attached hydrogens (tertiary/aromatic N) is 2. The topological polar surface area (TPSA) is 52.7 Å². The molecule has 0 radical (unpaired) electrons. The van der Waals surface area contributed by atoms with Gasteiger partial charge in [0.15, 0.2) is 0 Å². The molecule has 2 saturated heterocycles. The molecule has 5 nitrogen and oxygen atoms in total. The van der Waals surface area contributed by atoms with E-state index in [0.717, 1.165) is 58.4 Å². The molecule has 2 fully saturated rings. The molecule has 2 amide bonds. The maximum absolute atomic E-state index is 13.1. The highest BCUT2D eigenvalue weighted by Crippen LogP contribution is 2.26. The van der Waals surface area contributed by atoms with Gasteiger partial charge in [-0.2, -0.15) is 0 Å². The molecule has 3 aromatic rings. The average molecular weight is 456 g/mol. The van der Waals surface area contributed by atoms with E-state index in [2.05, 4.69) is 52.7 Å². The zero-order valence-corrected chi connectivity index (χ0v) is 19.7. The van der Waals surface area contributed by atoms with Gasteiger partial charge in [0.1, 0.15) is 0 Å². The molecule has 0 atom stereocenters. The molecule has 0 unspecified atom stereocenters. The fraction of sp³-hybridized carbons (Fsp3) is 0.379. The minimum absolute atomic E-state index is 0.0260. The lowest BCUT2D eigenvalue weighted by atomic mass is 9.94. The van der Waals surface area contributed by atoms with Gasteiger partial charge in [-0.25, -0.2) is 0 Å². The number of piperidine rings is 2. The van der Waals surface area contributed by atoms with Crippen molar-refractivity contribution in [1.29, 1.82) is 0 Å². The highest BCUT2D eigenvalue weighted by Gasteiger charge is 2.27. The molecule has 0 aliphatic carbocycles. The van der Waals surface area contributed by atoms with Crippen LogP contribution >= 0.6 is 0 Å². The fourth-order valence-electron chi connectivity index (χ4n) is 5.31. The smallest absolute Gasteiger partial charge is 0.255 e. The zero-order valence-electron chi connectivity index (χ0n) is 19.7. The SMILES string of the molecule is O=C(Nc1ccccc1C(=O)N1CCCCC1)C1CCN(Cc2cccc3ccccc23)CC1. The van der Waals surface area contributed by atoms with Crippen LogP contribution in [0.2, 0.25) is 0 Å². The van der Waals surface area contributed by atoms with Gasteiger partial charge in [0.25, 0.3) is 5.91 Å². The van der Waals surface area contributed by atoms with E-state index in [0.29, 0.717) is 11.3 Å². The Morgan fingerprint density at radius 1 is 0.794 bits per heavy atom. The molecule has 0 saturated carbocycles. The van der Waals surface area contributed by atoms with Gasteiger partial charge in [-0.3, -0.25) is 14.5 Å². The summed E-state index contributed by atoms with van der Waals surface area (Å²) in [6.07, 6.45) is 4.95. The van der Waals surface area contributed by atoms with Crippen molar-refractivity contribution in [3.63, 3.8) is 0 Å². The van der Waals surface area contributed by atoms with Crippen LogP contribution in [0.3, 0.4) is 0 Å². The van der Waals surface area contributed by atoms with E-state index in [9.17, 15) is 9.59 Å². The maximum atomic E-state index is 13.1. The molecule has 2 aliphatic rings. The van der Waals surface area contributed by atoms with Crippen molar-refractivity contribution >= 4 is 28.3 Å². The summed E-state index contributed by atoms with van der Waals surface area (Å²) < 4.78 is 0. The number of carbonyl (C=O) groups is 2. The van der Waals surface area contributed by atoms with Crippen molar-refractivity contribution in [3.05, 3.63) is 77.9 Å². The quantitative estimate of drug-likeness (QED) is 0.567. The summed E-state index contributed by atoms with van der Waals surface area (Å²) in [4.78, 5) is 30.5. The van der Waals surface area contributed by atoms with Crippen LogP contribution in [0.1, 0.15) is 48.0 Å². The number of amides is 2. The van der Waals surface area contributed by atoms with Crippen LogP contribution in [-0.4, -0.2) is 47.8 Å². The highest BCUT2D eigenvalue weighted by atomic mass is 16.2. The van der Waals surface area contributed by atoms with Crippen LogP contribution in [0.4, 0.5) is 5.69 Å². The predicted octanol–water partition coefficient (Wildman–Crippen LogP) is 5.32. The first-order chi connectivity index (χ1) is 16.7. The van der Waals surface area contributed by atoms with Crippen molar-refractivity contribution in [1.82, 2.24) is 9.80 Å². The summed E-state index contributed by atoms with van der Waals surface area (Å²) in [6.45, 7) is 4.31. The maximum Gasteiger partial charge on any atom is 0.255 e. The van der Waals surface area contributed by atoms with E-state index in [-0.39, 0.29) is 17.7 Å². The Balaban J connectivity index is 1.19. The molecular weight excluding hydrogens is 422 g/mol. The molecular formula is C29H33N3O2. The van der Waals surface area contributed by atoms with Crippen LogP contribution in [0.15, 0.2) is 66.7 Å². The largest absolute Gasteiger partial charge is 0.339 e. The third kappa shape index (κ3) is 5.00. The van der Waals surface area contributed by atoms with Gasteiger partial charge in [0.05, 0.1) is 11.3 Å². The second-order valence-electron chi connectivity index (χ2n) is 9.58. The van der Waals surface area contributed by atoms with Crippen molar-refractivity contribution in [2.24, 2.45) is 5.92 Å². The Labute approximate surface area is 201 Å². The molecule has 2 heterocycles. The van der Waals surface area contributed by atoms with Crippen LogP contribution in [0.25, 0.3) is 10.8 Å². The molecule has 3 aromatic carbocycles. The minimum atomic E-state index is -0.0260. The number of rotatable bonds is 5. The molecule has 0 bridgehead atoms. The van der Waals surface area contributed by atoms with Crippen LogP contribution < -0.4 is 5.32 Å². The number of carbonyl (C=O) groups excluding carboxylic acids is 2. The lowest BCUT2D eigenvalue weighted by molar-refractivity contribution is -0.121. The number of anilines is 1. The van der Waals surface area contributed by atoms with Gasteiger partial charge in [0.2, 0.25) is 5.91 Å². The summed E-state index contributed by atoms with van der Waals surface area (Å²) in [6, 6.07) is 22.4. The fourth-order valence-corrected chi connectivity index (χ4v) is 5.31. The first-order valence-corrected chi connectivity index (χ1v) is 12.6. The lowest BCUT2D eigenvalue weighted by Crippen LogP contribution is -2.38. The summed E-state index contributed by atoms with van der Waals surface area (Å²) >= 11 is 0. The van der Waals surface area contributed by atoms with Crippen molar-refractivity contribution in [3.8, 4) is 0 Å². The molecule has 176 valence electrons. The van der Waals surface area contributed by atoms with E-state index >= 15 is 0 Å². The van der Waals surface area contributed by atoms with Crippen LogP contribution in [0.5, 0.6) is 0 Å². The van der Waals surface area contributed by atoms with Gasteiger partial charge in [-0.1, -0.05) is 54.6 Å². The van der Waals surface area contributed by atoms with E-state index in [1.54, 1.807) is 0 Å². The van der Waals surface area contributed by atoms with Crippen LogP contribution in [-0.2, 0) is 11.3 Å². The summed E-state index contributed by atoms with van der Waals surface area (Å²) in [5.41, 5.74) is 2.58. The summed E-state index contributed by atoms with van der Waals surface area (Å²) in [7, 11) is 0. The van der Waals surface area contributed by atoms with Crippen LogP contribution in [0, 0.1) is 5.92 Å². The zero-order chi connectivity index (χ0) is 23.3. The Morgan fingerprint density at radius 3 is 2.32 bits per heavy atom. The third-order valence-corrected chi connectivity index (χ3v) is 7.29. The molecule has 34 heavy (non-hydrogen) atoms. The minimum Gasteiger partial charge on any atom is -0.339 e. The van der Waals surface area contributed by atoms with E-state index in [4.69, 9.17) is 0 Å². The Morgan fingerprint density at radius 2 is 1.50 bits per heavy atom. The number of hydrogen-bond donors (Lipinski definition) is 1. The van der Waals surface area contributed by atoms with Gasteiger partial charge in [0, 0.05) is 25.6 Å². The average Bonchev–Trinajstić information content (AvgIpc) is 2.90. The lowest BCUT2D eigenvalue weighted by Gasteiger charge is -2.32. The number of para-hydroxylation sites is 1. The monoisotopic (exact) mass is 455 g/mol. The first-order valence-electron chi connectivity index (χ1n) is 12.6. The van der Waals surface area contributed by atoms with Gasteiger partial charge in [-0.05, 0) is 73.7 Å². The second-order valence-corrected chi connectivity index (χ2v) is 9.58. The van der Waals surface area contributed by atoms with Gasteiger partial charge in [-0.15, -0.1) is 0 Å². The Bertz CT molecular complexity index is 1160. The van der Waals surface area contributed by atoms with Gasteiger partial charge >= 0.3 is 0 Å². The number of fused-ring (bicyclic) bond motifs is 1. The second kappa shape index (κ2) is 10.4. The molecule has 5 heteroatoms. The molecule has 0 spiro atoms. The summed E-state index contributed by atoms with van der Waals surface area (Å²) in [5.74, 6) is 0.0334. The van der Waals surface area contributed by atoms with Crippen molar-refractivity contribution < 1.29 is 9.59 Å². The number of hydrogen-bond acceptors (Lipinski definition) is 3. The molecule has 1 N–H and O–H groups in total. The Hall–Kier alpha value is -3.18. The van der Waals surface area contributed by atoms with E-state index < -0.39 is 0 Å². The molecule has 2 aliphatic heterocycles. The third-order valence-electron chi connectivity index (χ3n) is 7.29. The molecule has 5 rings (SSSR count). The standard InChI is InChI=1S/C29H33N3O2/c33-28(30-27-14-5-4-13-26(27)29(34)32-17-6-1-7-18-32)23-15-19-31(20-16-23)21-24-11-8-10-22-9-2-3-12-25(22)24/h2-5,8-14,23H,1,6-7,15-21H2,(H,30,33). The van der Waals surface area contributed by atoms with Crippen molar-refractivity contribution in [2.45, 2.75) is 38.6 Å². The first kappa shape index (κ1) is 22.6. The normalized spacial score (nSPS) is 17.6. The van der Waals surface area contributed by atoms with Crippen molar-refractivity contribution in [2.75, 3.05) is 31.5 Å². The number of likely N-dealkylation sites (tertiary alicyclic amines) is 2. The Kier molecular flexibility index (Phi) is 6.91. The highest BCUT2D eigenvalue weighted by molar-refractivity contribution is 6.04. The van der Waals surface area contributed by atoms with E-state index in [1.807, 2.05) is 29.2 Å². The predicted molar refractivity (Wildman–Crippen MR) is 137 cm³/mol. The summed E-state index contributed by atoms with van der Waals surface area (Å²) in [5, 5.41) is 5.66. The number of nitrogens with one attached hydrogen (secondary N) is 1. The van der Waals surface area contributed by atoms with Gasteiger partial charge < -0.3 is 10.2 Å². The number of benzene rings is 3. The van der Waals surface area contributed by atoms with E-state index in [1.165, 1.54) is 22.8 Å². The molecule has 0 aromatic heterocycles.